The van der Waals surface area contributed by atoms with Crippen LogP contribution in [-0.2, 0) is 4.79 Å². The van der Waals surface area contributed by atoms with Crippen LogP contribution in [0.15, 0.2) is 29.4 Å². The second-order valence-electron chi connectivity index (χ2n) is 4.37. The molecule has 0 radical (unpaired) electrons. The van der Waals surface area contributed by atoms with Gasteiger partial charge < -0.3 is 10.8 Å². The molecule has 0 aromatic heterocycles. The number of nitro groups is 2. The van der Waals surface area contributed by atoms with Crippen molar-refractivity contribution < 1.29 is 19.7 Å². The average Bonchev–Trinajstić information content (AvgIpc) is 2.82. The Morgan fingerprint density at radius 2 is 1.83 bits per heavy atom. The van der Waals surface area contributed by atoms with Gasteiger partial charge in [0.05, 0.1) is 17.2 Å². The van der Waals surface area contributed by atoms with E-state index in [2.05, 4.69) is 5.10 Å². The van der Waals surface area contributed by atoms with Crippen LogP contribution in [-0.4, -0.2) is 45.8 Å². The van der Waals surface area contributed by atoms with E-state index < -0.39 is 21.8 Å². The van der Waals surface area contributed by atoms with E-state index in [-0.39, 0.29) is 23.7 Å². The number of hydrogen-bond donors (Lipinski definition) is 2. The molecule has 1 aliphatic heterocycles. The maximum absolute atomic E-state index is 11.8. The Morgan fingerprint density at radius 1 is 1.30 bits per heavy atom. The zero-order chi connectivity index (χ0) is 17.6. The average molecular weight is 325 g/mol. The van der Waals surface area contributed by atoms with Crippen molar-refractivity contribution in [3.8, 4) is 0 Å². The maximum atomic E-state index is 11.8. The summed E-state index contributed by atoms with van der Waals surface area (Å²) in [6.45, 7) is 1.86. The van der Waals surface area contributed by atoms with Crippen LogP contribution < -0.4 is 10.7 Å². The normalized spacial score (nSPS) is 16.5. The van der Waals surface area contributed by atoms with Gasteiger partial charge in [-0.3, -0.25) is 25.0 Å². The number of amides is 1. The lowest BCUT2D eigenvalue weighted by molar-refractivity contribution is -0.488. The molecule has 2 rings (SSSR count). The molecule has 1 unspecified atom stereocenters. The van der Waals surface area contributed by atoms with Crippen LogP contribution in [0.4, 0.5) is 11.4 Å². The topological polar surface area (TPSA) is 165 Å². The second-order valence-corrected chi connectivity index (χ2v) is 4.37. The zero-order valence-corrected chi connectivity index (χ0v) is 12.2. The molecule has 23 heavy (non-hydrogen) atoms. The molecule has 11 nitrogen and oxygen atoms in total. The van der Waals surface area contributed by atoms with Gasteiger partial charge in [-0.15, -0.1) is 0 Å². The van der Waals surface area contributed by atoms with Gasteiger partial charge in [-0.1, -0.05) is 0 Å². The number of anilines is 1. The van der Waals surface area contributed by atoms with E-state index in [0.29, 0.717) is 6.54 Å². The van der Waals surface area contributed by atoms with Gasteiger partial charge in [0.25, 0.3) is 5.69 Å². The van der Waals surface area contributed by atoms with Crippen LogP contribution >= 0.6 is 0 Å². The van der Waals surface area contributed by atoms with E-state index in [9.17, 15) is 25.0 Å². The van der Waals surface area contributed by atoms with Crippen LogP contribution in [0.2, 0.25) is 0 Å². The summed E-state index contributed by atoms with van der Waals surface area (Å²) >= 11 is 0. The highest BCUT2D eigenvalue weighted by molar-refractivity contribution is 6.16. The quantitative estimate of drug-likeness (QED) is 0.576. The zero-order valence-electron chi connectivity index (χ0n) is 12.2. The Labute approximate surface area is 130 Å². The molecular weight excluding hydrogens is 310 g/mol. The summed E-state index contributed by atoms with van der Waals surface area (Å²) in [4.78, 5) is 31.7. The number of nitrogens with zero attached hydrogens (tertiary/aromatic N) is 4. The molecule has 124 valence electrons. The lowest BCUT2D eigenvalue weighted by Crippen LogP contribution is -2.37. The molecule has 1 heterocycles. The third-order valence-electron chi connectivity index (χ3n) is 2.74. The van der Waals surface area contributed by atoms with E-state index >= 15 is 0 Å². The Bertz CT molecular complexity index is 627. The smallest absolute Gasteiger partial charge is 0.331 e. The van der Waals surface area contributed by atoms with Crippen molar-refractivity contribution in [3.63, 3.8) is 0 Å². The van der Waals surface area contributed by atoms with Crippen LogP contribution in [0.3, 0.4) is 0 Å². The second kappa shape index (κ2) is 7.91. The number of aliphatic hydroxyl groups is 1. The van der Waals surface area contributed by atoms with Crippen molar-refractivity contribution in [2.24, 2.45) is 10.8 Å². The first-order chi connectivity index (χ1) is 10.8. The highest BCUT2D eigenvalue weighted by Crippen LogP contribution is 2.24. The molecule has 0 fully saturated rings. The molecule has 1 aromatic carbocycles. The SMILES string of the molecule is CC1=NN(c2ccc([N+](=O)[O-])cc2)C(=O)C1[N+](=O)[O-].NCCO. The summed E-state index contributed by atoms with van der Waals surface area (Å²) in [6.07, 6.45) is 0. The summed E-state index contributed by atoms with van der Waals surface area (Å²) in [7, 11) is 0. The van der Waals surface area contributed by atoms with Crippen molar-refractivity contribution in [1.82, 2.24) is 0 Å². The number of carbonyl (C=O) groups excluding carboxylic acids is 1. The molecule has 0 bridgehead atoms. The molecule has 1 aromatic rings. The summed E-state index contributed by atoms with van der Waals surface area (Å²) in [5, 5.41) is 33.7. The Balaban J connectivity index is 0.000000593. The minimum Gasteiger partial charge on any atom is -0.395 e. The first-order valence-electron chi connectivity index (χ1n) is 6.41. The van der Waals surface area contributed by atoms with Gasteiger partial charge in [-0.2, -0.15) is 10.1 Å². The molecule has 3 N–H and O–H groups in total. The van der Waals surface area contributed by atoms with Crippen molar-refractivity contribution in [3.05, 3.63) is 44.5 Å². The molecular formula is C12H15N5O6. The highest BCUT2D eigenvalue weighted by Gasteiger charge is 2.43. The van der Waals surface area contributed by atoms with Gasteiger partial charge in [0.1, 0.15) is 5.71 Å². The van der Waals surface area contributed by atoms with Crippen molar-refractivity contribution in [2.45, 2.75) is 13.0 Å². The van der Waals surface area contributed by atoms with E-state index in [1.165, 1.54) is 31.2 Å². The Kier molecular flexibility index (Phi) is 6.24. The van der Waals surface area contributed by atoms with E-state index in [1.54, 1.807) is 0 Å². The van der Waals surface area contributed by atoms with Gasteiger partial charge in [0.15, 0.2) is 0 Å². The van der Waals surface area contributed by atoms with Gasteiger partial charge in [0, 0.05) is 23.6 Å². The van der Waals surface area contributed by atoms with Crippen LogP contribution in [0, 0.1) is 20.2 Å². The van der Waals surface area contributed by atoms with E-state index in [1.807, 2.05) is 0 Å². The molecule has 1 atom stereocenters. The lowest BCUT2D eigenvalue weighted by Gasteiger charge is -2.10. The largest absolute Gasteiger partial charge is 0.395 e. The summed E-state index contributed by atoms with van der Waals surface area (Å²) in [5.74, 6) is -0.781. The lowest BCUT2D eigenvalue weighted by atomic mass is 10.2. The monoisotopic (exact) mass is 325 g/mol. The van der Waals surface area contributed by atoms with Gasteiger partial charge in [-0.25, -0.2) is 0 Å². The first-order valence-corrected chi connectivity index (χ1v) is 6.41. The van der Waals surface area contributed by atoms with Crippen LogP contribution in [0.5, 0.6) is 0 Å². The van der Waals surface area contributed by atoms with Crippen molar-refractivity contribution >= 4 is 23.0 Å². The molecule has 1 amide bonds. The predicted molar refractivity (Wildman–Crippen MR) is 80.6 cm³/mol. The number of benzene rings is 1. The number of carbonyl (C=O) groups is 1. The summed E-state index contributed by atoms with van der Waals surface area (Å²) < 4.78 is 0. The predicted octanol–water partition coefficient (Wildman–Crippen LogP) is -0.100. The number of hydrazone groups is 1. The number of nitro benzene ring substituents is 1. The minimum atomic E-state index is -1.49. The molecule has 1 aliphatic rings. The summed E-state index contributed by atoms with van der Waals surface area (Å²) in [5.41, 5.74) is 4.97. The molecule has 0 saturated carbocycles. The van der Waals surface area contributed by atoms with Crippen molar-refractivity contribution in [2.75, 3.05) is 18.2 Å². The standard InChI is InChI=1S/C10H8N4O5.C2H7NO/c1-6-9(14(18)19)10(15)12(11-6)7-2-4-8(5-3-7)13(16)17;3-1-2-4/h2-5,9H,1H3;4H,1-3H2. The fourth-order valence-electron chi connectivity index (χ4n) is 1.70. The molecule has 0 aliphatic carbocycles. The fraction of sp³-hybridized carbons (Fsp3) is 0.333. The number of nitrogens with two attached hydrogens (primary N) is 1. The molecule has 0 saturated heterocycles. The third kappa shape index (κ3) is 4.28. The van der Waals surface area contributed by atoms with Crippen LogP contribution in [0.25, 0.3) is 0 Å². The molecule has 0 spiro atoms. The number of rotatable bonds is 4. The number of aliphatic hydroxyl groups excluding tert-OH is 1. The van der Waals surface area contributed by atoms with Crippen molar-refractivity contribution in [1.29, 1.82) is 0 Å². The van der Waals surface area contributed by atoms with Gasteiger partial charge in [-0.05, 0) is 19.1 Å². The minimum absolute atomic E-state index is 0.0772. The van der Waals surface area contributed by atoms with Gasteiger partial charge in [0.2, 0.25) is 0 Å². The van der Waals surface area contributed by atoms with Gasteiger partial charge >= 0.3 is 11.9 Å². The maximum Gasteiger partial charge on any atom is 0.331 e. The Morgan fingerprint density at radius 3 is 2.17 bits per heavy atom. The summed E-state index contributed by atoms with van der Waals surface area (Å²) in [6, 6.07) is 3.54. The first kappa shape index (κ1) is 18.1. The number of hydrogen-bond acceptors (Lipinski definition) is 8. The number of non-ortho nitro benzene ring substituents is 1. The van der Waals surface area contributed by atoms with E-state index in [0.717, 1.165) is 5.01 Å². The molecule has 11 heteroatoms. The van der Waals surface area contributed by atoms with Crippen LogP contribution in [0.1, 0.15) is 6.92 Å². The fourth-order valence-corrected chi connectivity index (χ4v) is 1.70. The Hall–Kier alpha value is -2.92. The highest BCUT2D eigenvalue weighted by atomic mass is 16.6. The van der Waals surface area contributed by atoms with E-state index in [4.69, 9.17) is 10.8 Å². The third-order valence-corrected chi connectivity index (χ3v) is 2.74.